The molecule has 4 aromatic rings. The molecule has 0 fully saturated rings. The minimum atomic E-state index is -5.81. The van der Waals surface area contributed by atoms with Gasteiger partial charge in [-0.2, -0.15) is 27.1 Å². The molecule has 15 heteroatoms. The van der Waals surface area contributed by atoms with E-state index in [0.717, 1.165) is 6.20 Å². The van der Waals surface area contributed by atoms with E-state index < -0.39 is 49.1 Å². The largest absolute Gasteiger partial charge is 0.497 e. The third-order valence-electron chi connectivity index (χ3n) is 6.55. The minimum Gasteiger partial charge on any atom is -0.497 e. The number of benzene rings is 1. The highest BCUT2D eigenvalue weighted by molar-refractivity contribution is 6.09. The summed E-state index contributed by atoms with van der Waals surface area (Å²) in [4.78, 5) is 29.9. The number of aromatic nitrogens is 6. The van der Waals surface area contributed by atoms with Crippen LogP contribution >= 0.6 is 0 Å². The van der Waals surface area contributed by atoms with Crippen molar-refractivity contribution < 1.29 is 35.6 Å². The lowest BCUT2D eigenvalue weighted by Crippen LogP contribution is -2.36. The van der Waals surface area contributed by atoms with Crippen LogP contribution < -0.4 is 15.8 Å². The number of hydrogen-bond acceptors (Lipinski definition) is 8. The third-order valence-corrected chi connectivity index (χ3v) is 6.55. The number of carbonyl (C=O) groups excluding carboxylic acids is 1. The SMILES string of the molecule is [2H]C([2H])([2H])n1ncc2c(-c3nc(N)c4c(n3)NC(=O)C4(C)c3ccc(OC)cc3)nc(CCC(F)(F)C(F)(F)F)nc21. The Morgan fingerprint density at radius 3 is 2.49 bits per heavy atom. The highest BCUT2D eigenvalue weighted by Crippen LogP contribution is 2.45. The van der Waals surface area contributed by atoms with E-state index in [1.807, 2.05) is 0 Å². The lowest BCUT2D eigenvalue weighted by atomic mass is 9.78. The molecule has 3 N–H and O–H groups in total. The Morgan fingerprint density at radius 2 is 1.85 bits per heavy atom. The van der Waals surface area contributed by atoms with Gasteiger partial charge in [0.2, 0.25) is 5.91 Å². The summed E-state index contributed by atoms with van der Waals surface area (Å²) in [5.41, 5.74) is 5.15. The molecule has 0 saturated heterocycles. The summed E-state index contributed by atoms with van der Waals surface area (Å²) in [6.45, 7) is -1.27. The van der Waals surface area contributed by atoms with Crippen LogP contribution in [0.4, 0.5) is 33.6 Å². The Balaban J connectivity index is 1.65. The smallest absolute Gasteiger partial charge is 0.453 e. The second-order valence-corrected chi connectivity index (χ2v) is 8.95. The number of fused-ring (bicyclic) bond motifs is 2. The van der Waals surface area contributed by atoms with E-state index in [1.54, 1.807) is 31.2 Å². The van der Waals surface area contributed by atoms with E-state index in [1.165, 1.54) is 7.11 Å². The monoisotopic (exact) mass is 551 g/mol. The first kappa shape index (κ1) is 22.5. The van der Waals surface area contributed by atoms with Crippen LogP contribution in [0.1, 0.15) is 34.4 Å². The van der Waals surface area contributed by atoms with Crippen molar-refractivity contribution in [1.29, 1.82) is 0 Å². The van der Waals surface area contributed by atoms with Crippen LogP contribution in [0, 0.1) is 0 Å². The van der Waals surface area contributed by atoms with Gasteiger partial charge in [0.1, 0.15) is 34.3 Å². The number of carbonyl (C=O) groups is 1. The van der Waals surface area contributed by atoms with Crippen molar-refractivity contribution in [3.63, 3.8) is 0 Å². The number of alkyl halides is 5. The molecule has 0 saturated carbocycles. The zero-order valence-electron chi connectivity index (χ0n) is 23.3. The van der Waals surface area contributed by atoms with Gasteiger partial charge in [0.05, 0.1) is 24.3 Å². The minimum absolute atomic E-state index is 0.000878. The van der Waals surface area contributed by atoms with E-state index in [-0.39, 0.29) is 39.8 Å². The second kappa shape index (κ2) is 8.81. The van der Waals surface area contributed by atoms with Gasteiger partial charge < -0.3 is 15.8 Å². The zero-order valence-corrected chi connectivity index (χ0v) is 20.3. The number of ether oxygens (including phenoxy) is 1. The van der Waals surface area contributed by atoms with Gasteiger partial charge in [-0.3, -0.25) is 9.48 Å². The molecule has 1 aliphatic heterocycles. The molecule has 1 atom stereocenters. The number of hydrogen-bond donors (Lipinski definition) is 2. The molecule has 4 heterocycles. The van der Waals surface area contributed by atoms with E-state index in [2.05, 4.69) is 30.4 Å². The van der Waals surface area contributed by atoms with Crippen molar-refractivity contribution in [2.45, 2.75) is 37.3 Å². The van der Waals surface area contributed by atoms with Gasteiger partial charge in [-0.15, -0.1) is 0 Å². The lowest BCUT2D eigenvalue weighted by molar-refractivity contribution is -0.284. The Bertz CT molecular complexity index is 1710. The number of nitrogen functional groups attached to an aromatic ring is 1. The first-order valence-corrected chi connectivity index (χ1v) is 11.3. The normalized spacial score (nSPS) is 18.8. The average Bonchev–Trinajstić information content (AvgIpc) is 3.45. The van der Waals surface area contributed by atoms with Crippen molar-refractivity contribution in [2.75, 3.05) is 18.2 Å². The maximum absolute atomic E-state index is 13.7. The molecule has 1 amide bonds. The number of nitrogens with zero attached hydrogens (tertiary/aromatic N) is 6. The molecule has 0 bridgehead atoms. The highest BCUT2D eigenvalue weighted by atomic mass is 19.4. The number of aryl methyl sites for hydroxylation is 2. The van der Waals surface area contributed by atoms with Crippen molar-refractivity contribution in [1.82, 2.24) is 29.7 Å². The van der Waals surface area contributed by atoms with Crippen molar-refractivity contribution in [2.24, 2.45) is 6.98 Å². The lowest BCUT2D eigenvalue weighted by Gasteiger charge is -2.23. The molecule has 0 spiro atoms. The standard InChI is InChI=1S/C24H21F5N8O2/c1-22(11-4-6-12(39-3)7-5-11)15-17(30)34-19(35-18(15)36-21(22)38)16-13-10-31-37(2)20(13)33-14(32-16)8-9-23(25,26)24(27,28)29/h4-7,10H,8-9H2,1-3H3,(H3,30,34,35,36,38)/i2D3. The van der Waals surface area contributed by atoms with Crippen molar-refractivity contribution in [3.8, 4) is 17.3 Å². The highest BCUT2D eigenvalue weighted by Gasteiger charge is 2.56. The fourth-order valence-electron chi connectivity index (χ4n) is 4.36. The van der Waals surface area contributed by atoms with E-state index in [9.17, 15) is 26.7 Å². The summed E-state index contributed by atoms with van der Waals surface area (Å²) in [6.07, 6.45) is -7.42. The van der Waals surface area contributed by atoms with Crippen LogP contribution in [0.2, 0.25) is 0 Å². The number of halogens is 5. The maximum atomic E-state index is 13.7. The molecular weight excluding hydrogens is 527 g/mol. The summed E-state index contributed by atoms with van der Waals surface area (Å²) >= 11 is 0. The Morgan fingerprint density at radius 1 is 1.13 bits per heavy atom. The van der Waals surface area contributed by atoms with Crippen LogP contribution in [0.15, 0.2) is 30.5 Å². The Kier molecular flexibility index (Phi) is 5.09. The molecule has 204 valence electrons. The van der Waals surface area contributed by atoms with Gasteiger partial charge in [-0.05, 0) is 24.6 Å². The average molecular weight is 551 g/mol. The Hall–Kier alpha value is -4.43. The summed E-state index contributed by atoms with van der Waals surface area (Å²) in [5, 5.41) is 6.38. The third kappa shape index (κ3) is 4.17. The number of anilines is 2. The van der Waals surface area contributed by atoms with E-state index in [0.29, 0.717) is 16.0 Å². The topological polar surface area (TPSA) is 134 Å². The first-order chi connectivity index (χ1) is 19.5. The number of amides is 1. The maximum Gasteiger partial charge on any atom is 0.453 e. The summed E-state index contributed by atoms with van der Waals surface area (Å²) in [6, 6.07) is 6.64. The van der Waals surface area contributed by atoms with Crippen LogP contribution in [-0.2, 0) is 23.6 Å². The predicted octanol–water partition coefficient (Wildman–Crippen LogP) is 3.80. The van der Waals surface area contributed by atoms with Crippen LogP contribution in [0.5, 0.6) is 5.75 Å². The molecule has 10 nitrogen and oxygen atoms in total. The van der Waals surface area contributed by atoms with Gasteiger partial charge in [0.15, 0.2) is 11.5 Å². The Labute approximate surface area is 221 Å². The number of methoxy groups -OCH3 is 1. The number of rotatable bonds is 6. The zero-order chi connectivity index (χ0) is 30.8. The van der Waals surface area contributed by atoms with Gasteiger partial charge in [0, 0.05) is 23.9 Å². The molecule has 0 aliphatic carbocycles. The molecule has 5 rings (SSSR count). The fraction of sp³-hybridized carbons (Fsp3) is 0.333. The number of nitrogens with one attached hydrogen (secondary N) is 1. The van der Waals surface area contributed by atoms with Crippen LogP contribution in [0.25, 0.3) is 22.6 Å². The summed E-state index contributed by atoms with van der Waals surface area (Å²) in [7, 11) is 1.49. The quantitative estimate of drug-likeness (QED) is 0.346. The second-order valence-electron chi connectivity index (χ2n) is 8.95. The molecule has 1 aliphatic rings. The van der Waals surface area contributed by atoms with Gasteiger partial charge in [-0.1, -0.05) is 12.1 Å². The van der Waals surface area contributed by atoms with E-state index in [4.69, 9.17) is 14.6 Å². The molecule has 1 unspecified atom stereocenters. The summed E-state index contributed by atoms with van der Waals surface area (Å²) < 4.78 is 94.5. The van der Waals surface area contributed by atoms with Crippen molar-refractivity contribution >= 4 is 28.6 Å². The molecule has 0 radical (unpaired) electrons. The van der Waals surface area contributed by atoms with E-state index >= 15 is 0 Å². The summed E-state index contributed by atoms with van der Waals surface area (Å²) in [5.74, 6) is -5.96. The van der Waals surface area contributed by atoms with Crippen LogP contribution in [-0.4, -0.2) is 54.8 Å². The molecule has 39 heavy (non-hydrogen) atoms. The fourth-order valence-corrected chi connectivity index (χ4v) is 4.36. The van der Waals surface area contributed by atoms with Gasteiger partial charge >= 0.3 is 12.1 Å². The van der Waals surface area contributed by atoms with Crippen molar-refractivity contribution in [3.05, 3.63) is 47.4 Å². The first-order valence-electron chi connectivity index (χ1n) is 12.8. The van der Waals surface area contributed by atoms with Gasteiger partial charge in [-0.25, -0.2) is 19.9 Å². The molecular formula is C24H21F5N8O2. The molecule has 3 aromatic heterocycles. The predicted molar refractivity (Wildman–Crippen MR) is 129 cm³/mol. The van der Waals surface area contributed by atoms with Gasteiger partial charge in [0.25, 0.3) is 0 Å². The number of nitrogens with two attached hydrogens (primary N) is 1. The molecule has 1 aromatic carbocycles. The van der Waals surface area contributed by atoms with Crippen LogP contribution in [0.3, 0.4) is 0 Å².